The lowest BCUT2D eigenvalue weighted by molar-refractivity contribution is 0.263. The Balaban J connectivity index is 2.13. The van der Waals surface area contributed by atoms with Crippen LogP contribution < -0.4 is 5.32 Å². The van der Waals surface area contributed by atoms with Gasteiger partial charge in [0, 0.05) is 18.8 Å². The molecule has 0 amide bonds. The lowest BCUT2D eigenvalue weighted by Crippen LogP contribution is -2.40. The highest BCUT2D eigenvalue weighted by atomic mass is 32.1. The minimum Gasteiger partial charge on any atom is -0.467 e. The molecule has 1 N–H and O–H groups in total. The van der Waals surface area contributed by atoms with E-state index in [1.54, 1.807) is 6.26 Å². The second-order valence-corrected chi connectivity index (χ2v) is 6.56. The maximum absolute atomic E-state index is 5.69. The molecule has 0 aliphatic rings. The fraction of sp³-hybridized carbons (Fsp3) is 0.421. The van der Waals surface area contributed by atoms with E-state index in [1.165, 1.54) is 5.56 Å². The number of hydrogen-bond donors (Lipinski definition) is 1. The van der Waals surface area contributed by atoms with Crippen LogP contribution in [0.3, 0.4) is 0 Å². The molecule has 24 heavy (non-hydrogen) atoms. The molecule has 1 heterocycles. The topological polar surface area (TPSA) is 31.6 Å². The predicted molar refractivity (Wildman–Crippen MR) is 104 cm³/mol. The maximum Gasteiger partial charge on any atom is 0.174 e. The van der Waals surface area contributed by atoms with Crippen LogP contribution in [0.1, 0.15) is 31.2 Å². The highest BCUT2D eigenvalue weighted by Gasteiger charge is 2.21. The first-order chi connectivity index (χ1) is 11.5. The fourth-order valence-electron chi connectivity index (χ4n) is 2.53. The van der Waals surface area contributed by atoms with Gasteiger partial charge in [-0.25, -0.2) is 0 Å². The number of hydrogen-bond acceptors (Lipinski definition) is 3. The molecule has 0 saturated carbocycles. The van der Waals surface area contributed by atoms with E-state index >= 15 is 0 Å². The molecule has 4 nitrogen and oxygen atoms in total. The van der Waals surface area contributed by atoms with Crippen LogP contribution in [0.4, 0.5) is 5.69 Å². The van der Waals surface area contributed by atoms with Gasteiger partial charge in [0.2, 0.25) is 0 Å². The van der Waals surface area contributed by atoms with E-state index in [0.717, 1.165) is 31.0 Å². The molecule has 0 spiro atoms. The molecule has 0 aliphatic heterocycles. The Morgan fingerprint density at radius 3 is 2.62 bits per heavy atom. The first kappa shape index (κ1) is 18.5. The van der Waals surface area contributed by atoms with Gasteiger partial charge in [0.05, 0.1) is 12.3 Å². The van der Waals surface area contributed by atoms with E-state index in [-0.39, 0.29) is 6.04 Å². The molecule has 130 valence electrons. The van der Waals surface area contributed by atoms with E-state index in [9.17, 15) is 0 Å². The Kier molecular flexibility index (Phi) is 6.82. The zero-order valence-electron chi connectivity index (χ0n) is 15.0. The average molecular weight is 346 g/mol. The smallest absolute Gasteiger partial charge is 0.174 e. The van der Waals surface area contributed by atoms with Crippen molar-refractivity contribution in [2.24, 2.45) is 0 Å². The quantitative estimate of drug-likeness (QED) is 0.762. The van der Waals surface area contributed by atoms with Gasteiger partial charge < -0.3 is 19.5 Å². The lowest BCUT2D eigenvalue weighted by Gasteiger charge is -2.31. The number of aryl methyl sites for hydroxylation is 1. The monoisotopic (exact) mass is 345 g/mol. The molecule has 0 saturated heterocycles. The minimum absolute atomic E-state index is 0.0781. The van der Waals surface area contributed by atoms with Crippen molar-refractivity contribution in [3.63, 3.8) is 0 Å². The summed E-state index contributed by atoms with van der Waals surface area (Å²) in [6, 6.07) is 12.4. The molecule has 0 aliphatic carbocycles. The summed E-state index contributed by atoms with van der Waals surface area (Å²) in [5, 5.41) is 4.10. The van der Waals surface area contributed by atoms with Crippen LogP contribution in [-0.2, 0) is 6.42 Å². The molecule has 0 bridgehead atoms. The molecule has 1 atom stereocenters. The van der Waals surface area contributed by atoms with Gasteiger partial charge in [-0.3, -0.25) is 0 Å². The van der Waals surface area contributed by atoms with Gasteiger partial charge in [-0.1, -0.05) is 19.1 Å². The first-order valence-corrected chi connectivity index (χ1v) is 8.76. The normalized spacial score (nSPS) is 12.2. The van der Waals surface area contributed by atoms with Gasteiger partial charge in [0.15, 0.2) is 5.11 Å². The van der Waals surface area contributed by atoms with E-state index in [4.69, 9.17) is 16.6 Å². The van der Waals surface area contributed by atoms with Crippen LogP contribution in [0.2, 0.25) is 0 Å². The predicted octanol–water partition coefficient (Wildman–Crippen LogP) is 4.16. The van der Waals surface area contributed by atoms with Gasteiger partial charge in [0.25, 0.3) is 0 Å². The van der Waals surface area contributed by atoms with E-state index in [1.807, 2.05) is 18.2 Å². The molecule has 2 aromatic rings. The fourth-order valence-corrected chi connectivity index (χ4v) is 2.89. The van der Waals surface area contributed by atoms with E-state index < -0.39 is 0 Å². The number of furan rings is 1. The summed E-state index contributed by atoms with van der Waals surface area (Å²) in [6.07, 6.45) is 2.71. The number of thiocarbonyl (C=S) groups is 1. The van der Waals surface area contributed by atoms with Crippen LogP contribution in [0.25, 0.3) is 0 Å². The third-order valence-electron chi connectivity index (χ3n) is 4.06. The highest BCUT2D eigenvalue weighted by molar-refractivity contribution is 7.80. The molecular formula is C19H27N3OS. The maximum atomic E-state index is 5.69. The third kappa shape index (κ3) is 5.08. The van der Waals surface area contributed by atoms with Gasteiger partial charge in [-0.05, 0) is 69.5 Å². The van der Waals surface area contributed by atoms with Gasteiger partial charge in [0.1, 0.15) is 5.76 Å². The number of benzene rings is 1. The van der Waals surface area contributed by atoms with Gasteiger partial charge in [-0.15, -0.1) is 0 Å². The Hall–Kier alpha value is -1.85. The standard InChI is InChI=1S/C19H27N3OS/c1-5-16-8-6-9-17(14-16)20-19(24)22(12-11-21(3)4)15(2)18-10-7-13-23-18/h6-10,13-15H,5,11-12H2,1-4H3,(H,20,24)/t15-/m1/s1. The van der Waals surface area contributed by atoms with E-state index in [2.05, 4.69) is 61.3 Å². The average Bonchev–Trinajstić information content (AvgIpc) is 3.09. The zero-order valence-corrected chi connectivity index (χ0v) is 15.8. The molecule has 0 unspecified atom stereocenters. The van der Waals surface area contributed by atoms with Crippen molar-refractivity contribution >= 4 is 23.0 Å². The largest absolute Gasteiger partial charge is 0.467 e. The first-order valence-electron chi connectivity index (χ1n) is 8.36. The Labute approximate surface area is 150 Å². The lowest BCUT2D eigenvalue weighted by atomic mass is 10.1. The van der Waals surface area contributed by atoms with Gasteiger partial charge >= 0.3 is 0 Å². The SMILES string of the molecule is CCc1cccc(NC(=S)N(CCN(C)C)[C@H](C)c2ccco2)c1. The van der Waals surface area contributed by atoms with Crippen LogP contribution in [0.15, 0.2) is 47.1 Å². The van der Waals surface area contributed by atoms with Crippen molar-refractivity contribution in [2.45, 2.75) is 26.3 Å². The van der Waals surface area contributed by atoms with Crippen molar-refractivity contribution in [3.8, 4) is 0 Å². The van der Waals surface area contributed by atoms with Crippen LogP contribution in [0.5, 0.6) is 0 Å². The summed E-state index contributed by atoms with van der Waals surface area (Å²) in [5.41, 5.74) is 2.32. The number of likely N-dealkylation sites (N-methyl/N-ethyl adjacent to an activating group) is 1. The number of anilines is 1. The summed E-state index contributed by atoms with van der Waals surface area (Å²) >= 11 is 5.69. The third-order valence-corrected chi connectivity index (χ3v) is 4.39. The minimum atomic E-state index is 0.0781. The van der Waals surface area contributed by atoms with Crippen LogP contribution in [-0.4, -0.2) is 42.1 Å². The molecule has 0 fully saturated rings. The van der Waals surface area contributed by atoms with Crippen molar-refractivity contribution < 1.29 is 4.42 Å². The molecular weight excluding hydrogens is 318 g/mol. The van der Waals surface area contributed by atoms with Crippen molar-refractivity contribution in [3.05, 3.63) is 54.0 Å². The second-order valence-electron chi connectivity index (χ2n) is 6.17. The highest BCUT2D eigenvalue weighted by Crippen LogP contribution is 2.22. The van der Waals surface area contributed by atoms with Crippen LogP contribution in [0, 0.1) is 0 Å². The molecule has 5 heteroatoms. The summed E-state index contributed by atoms with van der Waals surface area (Å²) in [6.45, 7) is 6.01. The Morgan fingerprint density at radius 1 is 1.21 bits per heavy atom. The summed E-state index contributed by atoms with van der Waals surface area (Å²) in [4.78, 5) is 4.33. The summed E-state index contributed by atoms with van der Waals surface area (Å²) in [7, 11) is 4.13. The van der Waals surface area contributed by atoms with Crippen LogP contribution >= 0.6 is 12.2 Å². The van der Waals surface area contributed by atoms with Gasteiger partial charge in [-0.2, -0.15) is 0 Å². The van der Waals surface area contributed by atoms with E-state index in [0.29, 0.717) is 5.11 Å². The molecule has 0 radical (unpaired) electrons. The molecule has 1 aromatic carbocycles. The Bertz CT molecular complexity index is 640. The number of nitrogens with zero attached hydrogens (tertiary/aromatic N) is 2. The summed E-state index contributed by atoms with van der Waals surface area (Å²) in [5.74, 6) is 0.917. The molecule has 2 rings (SSSR count). The zero-order chi connectivity index (χ0) is 17.5. The Morgan fingerprint density at radius 2 is 2.00 bits per heavy atom. The van der Waals surface area contributed by atoms with Crippen molar-refractivity contribution in [2.75, 3.05) is 32.5 Å². The number of rotatable bonds is 7. The second kappa shape index (κ2) is 8.85. The van der Waals surface area contributed by atoms with Crippen molar-refractivity contribution in [1.82, 2.24) is 9.80 Å². The van der Waals surface area contributed by atoms with Crippen molar-refractivity contribution in [1.29, 1.82) is 0 Å². The number of nitrogens with one attached hydrogen (secondary N) is 1. The molecule has 1 aromatic heterocycles. The summed E-state index contributed by atoms with van der Waals surface area (Å²) < 4.78 is 5.58.